The van der Waals surface area contributed by atoms with Crippen molar-refractivity contribution in [3.05, 3.63) is 45.7 Å². The third-order valence-electron chi connectivity index (χ3n) is 3.45. The van der Waals surface area contributed by atoms with Gasteiger partial charge in [0, 0.05) is 26.0 Å². The Bertz CT molecular complexity index is 776. The van der Waals surface area contributed by atoms with E-state index in [4.69, 9.17) is 4.74 Å². The Labute approximate surface area is 152 Å². The highest BCUT2D eigenvalue weighted by atomic mass is 32.1. The van der Waals surface area contributed by atoms with Crippen molar-refractivity contribution in [3.8, 4) is 5.75 Å². The normalized spacial score (nSPS) is 12.2. The Morgan fingerprint density at radius 1 is 1.38 bits per heavy atom. The highest BCUT2D eigenvalue weighted by Gasteiger charge is 2.33. The second kappa shape index (κ2) is 8.35. The molecule has 10 heteroatoms. The number of halogens is 4. The Balaban J connectivity index is 1.97. The molecule has 0 aliphatic heterocycles. The molecule has 0 aliphatic rings. The van der Waals surface area contributed by atoms with Crippen molar-refractivity contribution < 1.29 is 22.3 Å². The first-order chi connectivity index (χ1) is 12.2. The van der Waals surface area contributed by atoms with Crippen LogP contribution in [0.25, 0.3) is 0 Å². The fraction of sp³-hybridized carbons (Fsp3) is 0.375. The van der Waals surface area contributed by atoms with E-state index in [1.165, 1.54) is 19.2 Å². The average molecular weight is 390 g/mol. The monoisotopic (exact) mass is 390 g/mol. The number of aromatic nitrogens is 1. The standard InChI is InChI=1S/C16H18F4N4OS/c1-21-15(22-7-14-23-13(9-26-14)16(18,19)20)24(2)8-10-4-5-12(25-3)11(17)6-10/h4-6,9H,7-8H2,1-3H3,(H,21,22). The largest absolute Gasteiger partial charge is 0.494 e. The van der Waals surface area contributed by atoms with Crippen LogP contribution < -0.4 is 10.1 Å². The van der Waals surface area contributed by atoms with Gasteiger partial charge in [-0.15, -0.1) is 11.3 Å². The zero-order valence-electron chi connectivity index (χ0n) is 14.4. The van der Waals surface area contributed by atoms with Gasteiger partial charge < -0.3 is 15.0 Å². The molecule has 1 aromatic carbocycles. The van der Waals surface area contributed by atoms with Gasteiger partial charge in [-0.3, -0.25) is 4.99 Å². The summed E-state index contributed by atoms with van der Waals surface area (Å²) in [6.07, 6.45) is -4.45. The summed E-state index contributed by atoms with van der Waals surface area (Å²) in [4.78, 5) is 9.36. The summed E-state index contributed by atoms with van der Waals surface area (Å²) in [5.74, 6) is 0.136. The van der Waals surface area contributed by atoms with Crippen LogP contribution >= 0.6 is 11.3 Å². The summed E-state index contributed by atoms with van der Waals surface area (Å²) in [6.45, 7) is 0.459. The average Bonchev–Trinajstić information content (AvgIpc) is 3.05. The fourth-order valence-corrected chi connectivity index (χ4v) is 2.96. The van der Waals surface area contributed by atoms with Crippen molar-refractivity contribution in [1.82, 2.24) is 15.2 Å². The van der Waals surface area contributed by atoms with E-state index in [-0.39, 0.29) is 12.3 Å². The minimum absolute atomic E-state index is 0.106. The van der Waals surface area contributed by atoms with Gasteiger partial charge >= 0.3 is 6.18 Å². The molecule has 0 radical (unpaired) electrons. The van der Waals surface area contributed by atoms with E-state index >= 15 is 0 Å². The highest BCUT2D eigenvalue weighted by molar-refractivity contribution is 7.09. The van der Waals surface area contributed by atoms with Crippen LogP contribution in [0.1, 0.15) is 16.3 Å². The first kappa shape index (κ1) is 20.0. The molecule has 2 rings (SSSR count). The van der Waals surface area contributed by atoms with Crippen LogP contribution in [0.3, 0.4) is 0 Å². The third kappa shape index (κ3) is 5.07. The molecular weight excluding hydrogens is 372 g/mol. The number of hydrogen-bond donors (Lipinski definition) is 1. The number of guanidine groups is 1. The number of methoxy groups -OCH3 is 1. The van der Waals surface area contributed by atoms with Crippen LogP contribution in [0.2, 0.25) is 0 Å². The SMILES string of the molecule is CN=C(NCc1nc(C(F)(F)F)cs1)N(C)Cc1ccc(OC)c(F)c1. The number of nitrogens with one attached hydrogen (secondary N) is 1. The summed E-state index contributed by atoms with van der Waals surface area (Å²) in [5.41, 5.74) is -0.210. The maximum Gasteiger partial charge on any atom is 0.434 e. The molecule has 5 nitrogen and oxygen atoms in total. The molecule has 2 aromatic rings. The number of ether oxygens (including phenoxy) is 1. The minimum Gasteiger partial charge on any atom is -0.494 e. The Kier molecular flexibility index (Phi) is 6.41. The Hall–Kier alpha value is -2.36. The number of nitrogens with zero attached hydrogens (tertiary/aromatic N) is 3. The van der Waals surface area contributed by atoms with Gasteiger partial charge in [0.2, 0.25) is 0 Å². The third-order valence-corrected chi connectivity index (χ3v) is 4.30. The van der Waals surface area contributed by atoms with Crippen LogP contribution in [0.15, 0.2) is 28.6 Å². The summed E-state index contributed by atoms with van der Waals surface area (Å²) >= 11 is 0.920. The molecule has 0 atom stereocenters. The lowest BCUT2D eigenvalue weighted by Gasteiger charge is -2.22. The number of rotatable bonds is 5. The van der Waals surface area contributed by atoms with E-state index < -0.39 is 17.7 Å². The topological polar surface area (TPSA) is 49.8 Å². The fourth-order valence-electron chi connectivity index (χ4n) is 2.22. The first-order valence-electron chi connectivity index (χ1n) is 7.50. The van der Waals surface area contributed by atoms with Gasteiger partial charge in [-0.2, -0.15) is 13.2 Å². The molecular formula is C16H18F4N4OS. The number of thiazole rings is 1. The molecule has 0 saturated heterocycles. The van der Waals surface area contributed by atoms with Crippen LogP contribution in [0.5, 0.6) is 5.75 Å². The van der Waals surface area contributed by atoms with Crippen molar-refractivity contribution in [2.45, 2.75) is 19.3 Å². The molecule has 0 saturated carbocycles. The maximum atomic E-state index is 13.8. The van der Waals surface area contributed by atoms with Gasteiger partial charge in [0.15, 0.2) is 23.2 Å². The summed E-state index contributed by atoms with van der Waals surface area (Å²) in [6, 6.07) is 4.62. The smallest absolute Gasteiger partial charge is 0.434 e. The molecule has 26 heavy (non-hydrogen) atoms. The van der Waals surface area contributed by atoms with Gasteiger partial charge in [0.25, 0.3) is 0 Å². The number of hydrogen-bond acceptors (Lipinski definition) is 4. The van der Waals surface area contributed by atoms with E-state index in [2.05, 4.69) is 15.3 Å². The van der Waals surface area contributed by atoms with Gasteiger partial charge in [-0.25, -0.2) is 9.37 Å². The lowest BCUT2D eigenvalue weighted by molar-refractivity contribution is -0.140. The molecule has 0 fully saturated rings. The van der Waals surface area contributed by atoms with Crippen LogP contribution in [-0.2, 0) is 19.3 Å². The van der Waals surface area contributed by atoms with E-state index in [9.17, 15) is 17.6 Å². The van der Waals surface area contributed by atoms with Crippen LogP contribution in [-0.4, -0.2) is 37.0 Å². The van der Waals surface area contributed by atoms with Crippen molar-refractivity contribution in [2.24, 2.45) is 4.99 Å². The van der Waals surface area contributed by atoms with Crippen molar-refractivity contribution in [1.29, 1.82) is 0 Å². The van der Waals surface area contributed by atoms with Crippen LogP contribution in [0, 0.1) is 5.82 Å². The van der Waals surface area contributed by atoms with Gasteiger partial charge in [0.1, 0.15) is 5.01 Å². The lowest BCUT2D eigenvalue weighted by Crippen LogP contribution is -2.38. The lowest BCUT2D eigenvalue weighted by atomic mass is 10.2. The molecule has 0 bridgehead atoms. The first-order valence-corrected chi connectivity index (χ1v) is 8.38. The Morgan fingerprint density at radius 2 is 2.12 bits per heavy atom. The van der Waals surface area contributed by atoms with Crippen LogP contribution in [0.4, 0.5) is 17.6 Å². The second-order valence-electron chi connectivity index (χ2n) is 5.35. The maximum absolute atomic E-state index is 13.8. The van der Waals surface area contributed by atoms with Gasteiger partial charge in [-0.1, -0.05) is 6.07 Å². The molecule has 1 heterocycles. The summed E-state index contributed by atoms with van der Waals surface area (Å²) in [7, 11) is 4.68. The molecule has 1 aromatic heterocycles. The number of benzene rings is 1. The highest BCUT2D eigenvalue weighted by Crippen LogP contribution is 2.29. The van der Waals surface area contributed by atoms with E-state index in [1.54, 1.807) is 25.1 Å². The summed E-state index contributed by atoms with van der Waals surface area (Å²) < 4.78 is 56.4. The molecule has 142 valence electrons. The van der Waals surface area contributed by atoms with E-state index in [0.717, 1.165) is 16.7 Å². The number of aliphatic imine (C=N–C) groups is 1. The molecule has 0 aliphatic carbocycles. The Morgan fingerprint density at radius 3 is 2.65 bits per heavy atom. The van der Waals surface area contributed by atoms with Crippen molar-refractivity contribution in [2.75, 3.05) is 21.2 Å². The molecule has 1 N–H and O–H groups in total. The summed E-state index contributed by atoms with van der Waals surface area (Å²) in [5, 5.41) is 4.22. The van der Waals surface area contributed by atoms with Gasteiger partial charge in [-0.05, 0) is 17.7 Å². The van der Waals surface area contributed by atoms with Gasteiger partial charge in [0.05, 0.1) is 13.7 Å². The molecule has 0 spiro atoms. The van der Waals surface area contributed by atoms with Crippen molar-refractivity contribution >= 4 is 17.3 Å². The minimum atomic E-state index is -4.45. The van der Waals surface area contributed by atoms with E-state index in [0.29, 0.717) is 23.1 Å². The predicted octanol–water partition coefficient (Wildman–Crippen LogP) is 3.52. The molecule has 0 amide bonds. The zero-order chi connectivity index (χ0) is 19.3. The number of alkyl halides is 3. The van der Waals surface area contributed by atoms with E-state index in [1.807, 2.05) is 0 Å². The quantitative estimate of drug-likeness (QED) is 0.482. The zero-order valence-corrected chi connectivity index (χ0v) is 15.2. The molecule has 0 unspecified atom stereocenters. The van der Waals surface area contributed by atoms with Crippen molar-refractivity contribution in [3.63, 3.8) is 0 Å². The second-order valence-corrected chi connectivity index (χ2v) is 6.29. The predicted molar refractivity (Wildman–Crippen MR) is 91.7 cm³/mol.